The summed E-state index contributed by atoms with van der Waals surface area (Å²) in [4.78, 5) is 0. The van der Waals surface area contributed by atoms with Crippen LogP contribution in [-0.4, -0.2) is 23.3 Å². The van der Waals surface area contributed by atoms with Crippen molar-refractivity contribution < 1.29 is 4.42 Å². The van der Waals surface area contributed by atoms with Gasteiger partial charge in [-0.25, -0.2) is 0 Å². The lowest BCUT2D eigenvalue weighted by Gasteiger charge is -2.53. The average molecular weight is 289 g/mol. The van der Waals surface area contributed by atoms with Crippen molar-refractivity contribution in [2.24, 2.45) is 23.7 Å². The van der Waals surface area contributed by atoms with Gasteiger partial charge in [0.25, 0.3) is 0 Å². The highest BCUT2D eigenvalue weighted by Crippen LogP contribution is 2.59. The first-order valence-electron chi connectivity index (χ1n) is 8.86. The molecule has 21 heavy (non-hydrogen) atoms. The molecule has 0 amide bonds. The van der Waals surface area contributed by atoms with Gasteiger partial charge in [0, 0.05) is 12.3 Å². The molecule has 5 rings (SSSR count). The minimum absolute atomic E-state index is 0.577. The van der Waals surface area contributed by atoms with Gasteiger partial charge in [0.15, 0.2) is 0 Å². The van der Waals surface area contributed by atoms with Gasteiger partial charge in [0.05, 0.1) is 0 Å². The van der Waals surface area contributed by atoms with Gasteiger partial charge in [0.2, 0.25) is 11.8 Å². The van der Waals surface area contributed by atoms with Gasteiger partial charge in [-0.2, -0.15) is 0 Å². The number of rotatable bonds is 6. The quantitative estimate of drug-likeness (QED) is 0.817. The van der Waals surface area contributed by atoms with Crippen LogP contribution in [0.5, 0.6) is 0 Å². The van der Waals surface area contributed by atoms with Crippen LogP contribution < -0.4 is 5.32 Å². The molecular weight excluding hydrogens is 262 g/mol. The van der Waals surface area contributed by atoms with E-state index in [-0.39, 0.29) is 0 Å². The summed E-state index contributed by atoms with van der Waals surface area (Å²) in [5.74, 6) is 6.05. The van der Waals surface area contributed by atoms with Crippen LogP contribution in [0.2, 0.25) is 0 Å². The summed E-state index contributed by atoms with van der Waals surface area (Å²) in [5.41, 5.74) is 0. The van der Waals surface area contributed by atoms with Crippen LogP contribution in [0.4, 0.5) is 0 Å². The summed E-state index contributed by atoms with van der Waals surface area (Å²) in [6.45, 7) is 4.20. The van der Waals surface area contributed by atoms with E-state index < -0.39 is 0 Å². The summed E-state index contributed by atoms with van der Waals surface area (Å²) in [7, 11) is 0. The maximum absolute atomic E-state index is 6.04. The van der Waals surface area contributed by atoms with Crippen molar-refractivity contribution in [3.63, 3.8) is 0 Å². The van der Waals surface area contributed by atoms with Crippen LogP contribution in [0.15, 0.2) is 4.42 Å². The molecule has 4 aliphatic rings. The molecule has 1 aromatic heterocycles. The summed E-state index contributed by atoms with van der Waals surface area (Å²) < 4.78 is 6.04. The Morgan fingerprint density at radius 2 is 1.76 bits per heavy atom. The number of aryl methyl sites for hydroxylation is 1. The first kappa shape index (κ1) is 13.7. The molecule has 0 aliphatic heterocycles. The lowest BCUT2D eigenvalue weighted by molar-refractivity contribution is -0.0118. The van der Waals surface area contributed by atoms with Crippen LogP contribution in [0.1, 0.15) is 63.1 Å². The van der Waals surface area contributed by atoms with E-state index in [9.17, 15) is 0 Å². The zero-order valence-corrected chi connectivity index (χ0v) is 13.1. The molecular formula is C17H27N3O. The van der Waals surface area contributed by atoms with Gasteiger partial charge in [-0.3, -0.25) is 0 Å². The van der Waals surface area contributed by atoms with Crippen molar-refractivity contribution in [2.75, 3.05) is 13.1 Å². The standard InChI is InChI=1S/C17H27N3O/c1-2-18-5-3-4-15-19-20-17(21-15)16-13-7-11-6-12(9-13)10-14(16)8-11/h11-14,16,18H,2-10H2,1H3. The molecule has 4 heteroatoms. The first-order valence-corrected chi connectivity index (χ1v) is 8.86. The second-order valence-corrected chi connectivity index (χ2v) is 7.45. The topological polar surface area (TPSA) is 51.0 Å². The summed E-state index contributed by atoms with van der Waals surface area (Å²) >= 11 is 0. The normalized spacial score (nSPS) is 37.3. The van der Waals surface area contributed by atoms with Crippen molar-refractivity contribution in [1.29, 1.82) is 0 Å². The van der Waals surface area contributed by atoms with Gasteiger partial charge in [0.1, 0.15) is 0 Å². The van der Waals surface area contributed by atoms with E-state index in [0.29, 0.717) is 5.92 Å². The van der Waals surface area contributed by atoms with Crippen LogP contribution in [0.25, 0.3) is 0 Å². The Morgan fingerprint density at radius 3 is 2.43 bits per heavy atom. The lowest BCUT2D eigenvalue weighted by atomic mass is 9.52. The van der Waals surface area contributed by atoms with Crippen molar-refractivity contribution in [1.82, 2.24) is 15.5 Å². The summed E-state index contributed by atoms with van der Waals surface area (Å²) in [6, 6.07) is 0. The third kappa shape index (κ3) is 2.63. The monoisotopic (exact) mass is 289 g/mol. The molecule has 4 nitrogen and oxygen atoms in total. The molecule has 4 aliphatic carbocycles. The summed E-state index contributed by atoms with van der Waals surface area (Å²) in [5, 5.41) is 12.1. The number of aromatic nitrogens is 2. The fourth-order valence-corrected chi connectivity index (χ4v) is 5.37. The molecule has 1 aromatic rings. The second-order valence-electron chi connectivity index (χ2n) is 7.45. The summed E-state index contributed by atoms with van der Waals surface area (Å²) in [6.07, 6.45) is 9.14. The van der Waals surface area contributed by atoms with Crippen molar-refractivity contribution in [2.45, 2.75) is 57.8 Å². The Hall–Kier alpha value is -0.900. The Bertz CT molecular complexity index is 456. The average Bonchev–Trinajstić information content (AvgIpc) is 2.91. The molecule has 4 saturated carbocycles. The van der Waals surface area contributed by atoms with E-state index in [0.717, 1.165) is 61.4 Å². The molecule has 1 heterocycles. The molecule has 0 atom stereocenters. The fourth-order valence-electron chi connectivity index (χ4n) is 5.37. The Labute approximate surface area is 127 Å². The highest BCUT2D eigenvalue weighted by Gasteiger charge is 2.50. The van der Waals surface area contributed by atoms with Crippen LogP contribution >= 0.6 is 0 Å². The Kier molecular flexibility index (Phi) is 3.74. The minimum atomic E-state index is 0.577. The van der Waals surface area contributed by atoms with Gasteiger partial charge < -0.3 is 9.73 Å². The maximum Gasteiger partial charge on any atom is 0.220 e. The third-order valence-electron chi connectivity index (χ3n) is 5.99. The van der Waals surface area contributed by atoms with Gasteiger partial charge in [-0.05, 0) is 75.3 Å². The van der Waals surface area contributed by atoms with Gasteiger partial charge in [-0.15, -0.1) is 10.2 Å². The van der Waals surface area contributed by atoms with E-state index in [1.807, 2.05) is 0 Å². The molecule has 0 radical (unpaired) electrons. The second kappa shape index (κ2) is 5.71. The molecule has 0 saturated heterocycles. The molecule has 0 unspecified atom stereocenters. The zero-order chi connectivity index (χ0) is 14.2. The number of hydrogen-bond donors (Lipinski definition) is 1. The number of hydrogen-bond acceptors (Lipinski definition) is 4. The van der Waals surface area contributed by atoms with Gasteiger partial charge in [-0.1, -0.05) is 6.92 Å². The maximum atomic E-state index is 6.04. The molecule has 116 valence electrons. The number of nitrogens with zero attached hydrogens (tertiary/aromatic N) is 2. The zero-order valence-electron chi connectivity index (χ0n) is 13.1. The van der Waals surface area contributed by atoms with Crippen LogP contribution in [0.3, 0.4) is 0 Å². The highest BCUT2D eigenvalue weighted by molar-refractivity contribution is 5.08. The molecule has 0 aromatic carbocycles. The van der Waals surface area contributed by atoms with Crippen molar-refractivity contribution >= 4 is 0 Å². The van der Waals surface area contributed by atoms with Crippen molar-refractivity contribution in [3.8, 4) is 0 Å². The van der Waals surface area contributed by atoms with Crippen LogP contribution in [-0.2, 0) is 6.42 Å². The fraction of sp³-hybridized carbons (Fsp3) is 0.882. The van der Waals surface area contributed by atoms with E-state index in [1.165, 1.54) is 32.1 Å². The van der Waals surface area contributed by atoms with Crippen molar-refractivity contribution in [3.05, 3.63) is 11.8 Å². The Balaban J connectivity index is 1.41. The first-order chi connectivity index (χ1) is 10.3. The molecule has 0 spiro atoms. The minimum Gasteiger partial charge on any atom is -0.425 e. The third-order valence-corrected chi connectivity index (χ3v) is 5.99. The predicted octanol–water partition coefficient (Wildman–Crippen LogP) is 3.15. The smallest absolute Gasteiger partial charge is 0.220 e. The van der Waals surface area contributed by atoms with E-state index in [1.54, 1.807) is 0 Å². The van der Waals surface area contributed by atoms with E-state index >= 15 is 0 Å². The molecule has 4 fully saturated rings. The number of nitrogens with one attached hydrogen (secondary N) is 1. The SMILES string of the molecule is CCNCCCc1nnc(C2C3CC4CC(C3)CC2C4)o1. The van der Waals surface area contributed by atoms with E-state index in [4.69, 9.17) is 4.42 Å². The van der Waals surface area contributed by atoms with E-state index in [2.05, 4.69) is 22.4 Å². The van der Waals surface area contributed by atoms with Gasteiger partial charge >= 0.3 is 0 Å². The predicted molar refractivity (Wildman–Crippen MR) is 80.9 cm³/mol. The molecule has 4 bridgehead atoms. The largest absolute Gasteiger partial charge is 0.425 e. The lowest BCUT2D eigenvalue weighted by Crippen LogP contribution is -2.43. The highest BCUT2D eigenvalue weighted by atomic mass is 16.4. The Morgan fingerprint density at radius 1 is 1.05 bits per heavy atom. The van der Waals surface area contributed by atoms with Crippen LogP contribution in [0, 0.1) is 23.7 Å². The molecule has 1 N–H and O–H groups in total.